The van der Waals surface area contributed by atoms with Crippen molar-refractivity contribution in [3.8, 4) is 0 Å². The Labute approximate surface area is 127 Å². The van der Waals surface area contributed by atoms with Crippen molar-refractivity contribution in [3.63, 3.8) is 0 Å². The van der Waals surface area contributed by atoms with E-state index < -0.39 is 11.9 Å². The van der Waals surface area contributed by atoms with Gasteiger partial charge in [-0.3, -0.25) is 9.79 Å². The Bertz CT molecular complexity index is 518. The number of carboxylic acids is 1. The molecule has 0 radical (unpaired) electrons. The highest BCUT2D eigenvalue weighted by atomic mass is 16.4. The van der Waals surface area contributed by atoms with Crippen LogP contribution in [0.3, 0.4) is 0 Å². The fourth-order valence-corrected chi connectivity index (χ4v) is 3.64. The molecule has 1 saturated heterocycles. The van der Waals surface area contributed by atoms with E-state index in [1.807, 2.05) is 0 Å². The van der Waals surface area contributed by atoms with Gasteiger partial charge in [-0.25, -0.2) is 0 Å². The maximum Gasteiger partial charge on any atom is 0.312 e. The first-order chi connectivity index (χ1) is 9.44. The average Bonchev–Trinajstić information content (AvgIpc) is 2.68. The molecule has 1 unspecified atom stereocenters. The zero-order chi connectivity index (χ0) is 16.2. The van der Waals surface area contributed by atoms with Crippen LogP contribution < -0.4 is 0 Å². The summed E-state index contributed by atoms with van der Waals surface area (Å²) in [5, 5.41) is 9.61. The largest absolute Gasteiger partial charge is 0.481 e. The quantitative estimate of drug-likeness (QED) is 0.804. The SMILES string of the molecule is C[C@@H]1N=C(C(C)(C)C)N2CCC(C(=O)O)C2=C1C(C)(C)C. The molecule has 118 valence electrons. The second-order valence-corrected chi connectivity index (χ2v) is 8.26. The predicted molar refractivity (Wildman–Crippen MR) is 85.3 cm³/mol. The lowest BCUT2D eigenvalue weighted by molar-refractivity contribution is -0.140. The van der Waals surface area contributed by atoms with E-state index in [-0.39, 0.29) is 16.9 Å². The Balaban J connectivity index is 2.62. The summed E-state index contributed by atoms with van der Waals surface area (Å²) in [6.45, 7) is 15.7. The van der Waals surface area contributed by atoms with Crippen LogP contribution in [0.15, 0.2) is 16.3 Å². The molecule has 4 nitrogen and oxygen atoms in total. The summed E-state index contributed by atoms with van der Waals surface area (Å²) in [4.78, 5) is 18.8. The van der Waals surface area contributed by atoms with Crippen LogP contribution in [0.5, 0.6) is 0 Å². The highest BCUT2D eigenvalue weighted by Crippen LogP contribution is 2.45. The standard InChI is InChI=1S/C17H28N2O2/c1-10-12(16(2,3)4)13-11(14(20)21)8-9-19(13)15(18-10)17(5,6)7/h10-11H,8-9H2,1-7H3,(H,20,21)/t10-,11?/m0/s1. The zero-order valence-corrected chi connectivity index (χ0v) is 14.3. The van der Waals surface area contributed by atoms with Gasteiger partial charge in [-0.05, 0) is 24.3 Å². The molecule has 0 amide bonds. The number of hydrogen-bond acceptors (Lipinski definition) is 3. The molecule has 4 heteroatoms. The molecule has 0 spiro atoms. The minimum atomic E-state index is -0.711. The number of amidine groups is 1. The first-order valence-corrected chi connectivity index (χ1v) is 7.77. The summed E-state index contributed by atoms with van der Waals surface area (Å²) >= 11 is 0. The molecule has 2 atom stereocenters. The second-order valence-electron chi connectivity index (χ2n) is 8.26. The summed E-state index contributed by atoms with van der Waals surface area (Å²) < 4.78 is 0. The first kappa shape index (κ1) is 16.1. The molecule has 1 fully saturated rings. The van der Waals surface area contributed by atoms with E-state index in [1.165, 1.54) is 5.57 Å². The molecular formula is C17H28N2O2. The second kappa shape index (κ2) is 4.85. The number of nitrogens with zero attached hydrogens (tertiary/aromatic N) is 2. The molecule has 0 aromatic heterocycles. The Morgan fingerprint density at radius 2 is 1.76 bits per heavy atom. The molecule has 1 N–H and O–H groups in total. The lowest BCUT2D eigenvalue weighted by atomic mass is 9.77. The van der Waals surface area contributed by atoms with Gasteiger partial charge < -0.3 is 10.0 Å². The molecule has 0 bridgehead atoms. The minimum Gasteiger partial charge on any atom is -0.481 e. The molecule has 2 heterocycles. The lowest BCUT2D eigenvalue weighted by Crippen LogP contribution is -2.44. The highest BCUT2D eigenvalue weighted by molar-refractivity contribution is 5.92. The Morgan fingerprint density at radius 3 is 2.19 bits per heavy atom. The van der Waals surface area contributed by atoms with Crippen LogP contribution in [0, 0.1) is 16.7 Å². The van der Waals surface area contributed by atoms with Gasteiger partial charge in [0.05, 0.1) is 12.0 Å². The topological polar surface area (TPSA) is 52.9 Å². The molecule has 2 aliphatic heterocycles. The molecule has 2 rings (SSSR count). The summed E-state index contributed by atoms with van der Waals surface area (Å²) in [6.07, 6.45) is 0.673. The van der Waals surface area contributed by atoms with Crippen molar-refractivity contribution < 1.29 is 9.90 Å². The van der Waals surface area contributed by atoms with Gasteiger partial charge in [-0.2, -0.15) is 0 Å². The van der Waals surface area contributed by atoms with Gasteiger partial charge >= 0.3 is 5.97 Å². The molecule has 0 aromatic carbocycles. The van der Waals surface area contributed by atoms with E-state index in [9.17, 15) is 9.90 Å². The molecule has 21 heavy (non-hydrogen) atoms. The van der Waals surface area contributed by atoms with Gasteiger partial charge in [-0.15, -0.1) is 0 Å². The van der Waals surface area contributed by atoms with E-state index in [4.69, 9.17) is 4.99 Å². The van der Waals surface area contributed by atoms with E-state index in [2.05, 4.69) is 53.4 Å². The Morgan fingerprint density at radius 1 is 1.19 bits per heavy atom. The average molecular weight is 292 g/mol. The third-order valence-corrected chi connectivity index (χ3v) is 4.30. The maximum absolute atomic E-state index is 11.7. The molecule has 0 aliphatic carbocycles. The van der Waals surface area contributed by atoms with E-state index >= 15 is 0 Å². The summed E-state index contributed by atoms with van der Waals surface area (Å²) in [7, 11) is 0. The molecular weight excluding hydrogens is 264 g/mol. The van der Waals surface area contributed by atoms with Gasteiger partial charge in [0.15, 0.2) is 0 Å². The number of aliphatic imine (C=N–C) groups is 1. The van der Waals surface area contributed by atoms with E-state index in [0.29, 0.717) is 6.42 Å². The number of aliphatic carboxylic acids is 1. The predicted octanol–water partition coefficient (Wildman–Crippen LogP) is 3.54. The molecule has 2 aliphatic rings. The van der Waals surface area contributed by atoms with Crippen molar-refractivity contribution in [1.29, 1.82) is 0 Å². The van der Waals surface area contributed by atoms with Crippen molar-refractivity contribution in [2.24, 2.45) is 21.7 Å². The first-order valence-electron chi connectivity index (χ1n) is 7.77. The van der Waals surface area contributed by atoms with Crippen LogP contribution in [-0.4, -0.2) is 34.4 Å². The number of carboxylic acid groups (broad SMARTS) is 1. The van der Waals surface area contributed by atoms with Crippen molar-refractivity contribution in [2.45, 2.75) is 60.9 Å². The molecule has 0 saturated carbocycles. The number of fused-ring (bicyclic) bond motifs is 1. The number of rotatable bonds is 1. The van der Waals surface area contributed by atoms with Gasteiger partial charge in [-0.1, -0.05) is 41.5 Å². The fraction of sp³-hybridized carbons (Fsp3) is 0.765. The Kier molecular flexibility index (Phi) is 3.71. The van der Waals surface area contributed by atoms with Crippen LogP contribution in [0.25, 0.3) is 0 Å². The van der Waals surface area contributed by atoms with E-state index in [0.717, 1.165) is 18.1 Å². The van der Waals surface area contributed by atoms with Crippen molar-refractivity contribution in [1.82, 2.24) is 4.90 Å². The van der Waals surface area contributed by atoms with Gasteiger partial charge in [0.2, 0.25) is 0 Å². The van der Waals surface area contributed by atoms with Gasteiger partial charge in [0.25, 0.3) is 0 Å². The van der Waals surface area contributed by atoms with Crippen molar-refractivity contribution in [2.75, 3.05) is 6.54 Å². The number of hydrogen-bond donors (Lipinski definition) is 1. The highest BCUT2D eigenvalue weighted by Gasteiger charge is 2.45. The van der Waals surface area contributed by atoms with Crippen LogP contribution in [0.2, 0.25) is 0 Å². The van der Waals surface area contributed by atoms with Crippen molar-refractivity contribution >= 4 is 11.8 Å². The minimum absolute atomic E-state index is 0.0467. The van der Waals surface area contributed by atoms with Crippen LogP contribution in [0.4, 0.5) is 0 Å². The van der Waals surface area contributed by atoms with E-state index in [1.54, 1.807) is 0 Å². The van der Waals surface area contributed by atoms with Gasteiger partial charge in [0, 0.05) is 17.7 Å². The van der Waals surface area contributed by atoms with Crippen LogP contribution >= 0.6 is 0 Å². The van der Waals surface area contributed by atoms with Gasteiger partial charge in [0.1, 0.15) is 5.84 Å². The monoisotopic (exact) mass is 292 g/mol. The Hall–Kier alpha value is -1.32. The fourth-order valence-electron chi connectivity index (χ4n) is 3.64. The summed E-state index contributed by atoms with van der Waals surface area (Å²) in [6, 6.07) is 0.0467. The third-order valence-electron chi connectivity index (χ3n) is 4.30. The van der Waals surface area contributed by atoms with Crippen molar-refractivity contribution in [3.05, 3.63) is 11.3 Å². The summed E-state index contributed by atoms with van der Waals surface area (Å²) in [5.41, 5.74) is 2.04. The van der Waals surface area contributed by atoms with Crippen LogP contribution in [-0.2, 0) is 4.79 Å². The maximum atomic E-state index is 11.7. The number of carbonyl (C=O) groups is 1. The smallest absolute Gasteiger partial charge is 0.312 e. The normalized spacial score (nSPS) is 26.8. The van der Waals surface area contributed by atoms with Crippen LogP contribution in [0.1, 0.15) is 54.9 Å². The lowest BCUT2D eigenvalue weighted by Gasteiger charge is -2.42. The zero-order valence-electron chi connectivity index (χ0n) is 14.3. The molecule has 0 aromatic rings. The summed E-state index contributed by atoms with van der Waals surface area (Å²) in [5.74, 6) is -0.0760. The third kappa shape index (κ3) is 2.72.